The van der Waals surface area contributed by atoms with Gasteiger partial charge in [-0.2, -0.15) is 5.26 Å². The Labute approximate surface area is 123 Å². The standard InChI is InChI=1S/C15H19BrN2O/c16-13-4-7-15(19-9-3-1-2-8-17)12(10-13)11-18-14-5-6-14/h4,7,10,14,18H,1-3,5-6,9,11H2. The predicted molar refractivity (Wildman–Crippen MR) is 79.0 cm³/mol. The molecule has 0 heterocycles. The molecule has 0 unspecified atom stereocenters. The Morgan fingerprint density at radius 3 is 2.95 bits per heavy atom. The molecule has 4 heteroatoms. The van der Waals surface area contributed by atoms with Crippen LogP contribution in [0.25, 0.3) is 0 Å². The maximum Gasteiger partial charge on any atom is 0.123 e. The fourth-order valence-electron chi connectivity index (χ4n) is 1.86. The van der Waals surface area contributed by atoms with Gasteiger partial charge in [-0.1, -0.05) is 15.9 Å². The number of hydrogen-bond donors (Lipinski definition) is 1. The zero-order chi connectivity index (χ0) is 13.5. The number of halogens is 1. The second kappa shape index (κ2) is 7.52. The van der Waals surface area contributed by atoms with Gasteiger partial charge in [-0.25, -0.2) is 0 Å². The van der Waals surface area contributed by atoms with Crippen LogP contribution >= 0.6 is 15.9 Å². The van der Waals surface area contributed by atoms with Gasteiger partial charge in [0, 0.05) is 29.0 Å². The van der Waals surface area contributed by atoms with Crippen LogP contribution in [0.15, 0.2) is 22.7 Å². The van der Waals surface area contributed by atoms with Crippen molar-refractivity contribution in [3.05, 3.63) is 28.2 Å². The van der Waals surface area contributed by atoms with Crippen LogP contribution in [0.3, 0.4) is 0 Å². The van der Waals surface area contributed by atoms with E-state index in [4.69, 9.17) is 10.00 Å². The Morgan fingerprint density at radius 2 is 2.21 bits per heavy atom. The number of hydrogen-bond acceptors (Lipinski definition) is 3. The molecule has 2 rings (SSSR count). The third-order valence-electron chi connectivity index (χ3n) is 3.12. The monoisotopic (exact) mass is 322 g/mol. The summed E-state index contributed by atoms with van der Waals surface area (Å²) in [5.74, 6) is 0.952. The molecule has 0 aromatic heterocycles. The van der Waals surface area contributed by atoms with E-state index in [9.17, 15) is 0 Å². The maximum absolute atomic E-state index is 8.48. The molecule has 0 saturated heterocycles. The third-order valence-corrected chi connectivity index (χ3v) is 3.61. The summed E-state index contributed by atoms with van der Waals surface area (Å²) in [4.78, 5) is 0. The first-order valence-electron chi connectivity index (χ1n) is 6.81. The van der Waals surface area contributed by atoms with Crippen LogP contribution in [-0.4, -0.2) is 12.6 Å². The second-order valence-electron chi connectivity index (χ2n) is 4.87. The number of ether oxygens (including phenoxy) is 1. The average molecular weight is 323 g/mol. The van der Waals surface area contributed by atoms with E-state index in [1.807, 2.05) is 12.1 Å². The van der Waals surface area contributed by atoms with E-state index < -0.39 is 0 Å². The van der Waals surface area contributed by atoms with Crippen LogP contribution in [-0.2, 0) is 6.54 Å². The molecule has 0 aliphatic heterocycles. The molecule has 0 radical (unpaired) electrons. The molecule has 1 aliphatic rings. The highest BCUT2D eigenvalue weighted by Gasteiger charge is 2.20. The van der Waals surface area contributed by atoms with Crippen molar-refractivity contribution in [2.75, 3.05) is 6.61 Å². The Kier molecular flexibility index (Phi) is 5.68. The van der Waals surface area contributed by atoms with Gasteiger partial charge < -0.3 is 10.1 Å². The number of benzene rings is 1. The van der Waals surface area contributed by atoms with Gasteiger partial charge in [0.15, 0.2) is 0 Å². The normalized spacial score (nSPS) is 14.1. The molecule has 0 spiro atoms. The van der Waals surface area contributed by atoms with Crippen molar-refractivity contribution in [1.29, 1.82) is 5.26 Å². The molecule has 19 heavy (non-hydrogen) atoms. The van der Waals surface area contributed by atoms with E-state index in [-0.39, 0.29) is 0 Å². The number of rotatable bonds is 8. The third kappa shape index (κ3) is 5.22. The van der Waals surface area contributed by atoms with E-state index in [0.717, 1.165) is 29.6 Å². The summed E-state index contributed by atoms with van der Waals surface area (Å²) in [7, 11) is 0. The number of nitriles is 1. The highest BCUT2D eigenvalue weighted by atomic mass is 79.9. The van der Waals surface area contributed by atoms with Crippen molar-refractivity contribution in [2.45, 2.75) is 44.7 Å². The second-order valence-corrected chi connectivity index (χ2v) is 5.79. The lowest BCUT2D eigenvalue weighted by Crippen LogP contribution is -2.16. The summed E-state index contributed by atoms with van der Waals surface area (Å²) in [6.07, 6.45) is 5.03. The maximum atomic E-state index is 8.48. The van der Waals surface area contributed by atoms with Gasteiger partial charge in [0.1, 0.15) is 5.75 Å². The molecular formula is C15H19BrN2O. The Balaban J connectivity index is 1.84. The minimum atomic E-state index is 0.611. The van der Waals surface area contributed by atoms with Gasteiger partial charge in [0.2, 0.25) is 0 Å². The smallest absolute Gasteiger partial charge is 0.123 e. The van der Waals surface area contributed by atoms with Crippen LogP contribution in [0.4, 0.5) is 0 Å². The molecule has 1 aromatic rings. The van der Waals surface area contributed by atoms with Gasteiger partial charge in [-0.3, -0.25) is 0 Å². The number of nitrogens with zero attached hydrogens (tertiary/aromatic N) is 1. The SMILES string of the molecule is N#CCCCCOc1ccc(Br)cc1CNC1CC1. The number of nitrogens with one attached hydrogen (secondary N) is 1. The molecule has 0 atom stereocenters. The summed E-state index contributed by atoms with van der Waals surface area (Å²) >= 11 is 3.50. The largest absolute Gasteiger partial charge is 0.493 e. The zero-order valence-electron chi connectivity index (χ0n) is 11.0. The van der Waals surface area contributed by atoms with Gasteiger partial charge in [-0.15, -0.1) is 0 Å². The van der Waals surface area contributed by atoms with E-state index >= 15 is 0 Å². The van der Waals surface area contributed by atoms with Crippen molar-refractivity contribution in [3.63, 3.8) is 0 Å². The molecule has 102 valence electrons. The zero-order valence-corrected chi connectivity index (χ0v) is 12.6. The van der Waals surface area contributed by atoms with Gasteiger partial charge in [-0.05, 0) is 43.9 Å². The lowest BCUT2D eigenvalue weighted by atomic mass is 10.2. The topological polar surface area (TPSA) is 45.0 Å². The molecule has 0 amide bonds. The van der Waals surface area contributed by atoms with E-state index in [0.29, 0.717) is 19.1 Å². The summed E-state index contributed by atoms with van der Waals surface area (Å²) in [5.41, 5.74) is 1.20. The van der Waals surface area contributed by atoms with E-state index in [1.54, 1.807) is 0 Å². The Morgan fingerprint density at radius 1 is 1.37 bits per heavy atom. The quantitative estimate of drug-likeness (QED) is 0.741. The molecule has 1 fully saturated rings. The van der Waals surface area contributed by atoms with Crippen molar-refractivity contribution < 1.29 is 4.74 Å². The van der Waals surface area contributed by atoms with Crippen LogP contribution < -0.4 is 10.1 Å². The van der Waals surface area contributed by atoms with Gasteiger partial charge in [0.25, 0.3) is 0 Å². The summed E-state index contributed by atoms with van der Waals surface area (Å²) in [5, 5.41) is 12.0. The minimum absolute atomic E-state index is 0.611. The molecule has 3 nitrogen and oxygen atoms in total. The highest BCUT2D eigenvalue weighted by Crippen LogP contribution is 2.25. The molecule has 1 saturated carbocycles. The first-order chi connectivity index (χ1) is 9.29. The van der Waals surface area contributed by atoms with Crippen LogP contribution in [0.2, 0.25) is 0 Å². The lowest BCUT2D eigenvalue weighted by Gasteiger charge is -2.12. The van der Waals surface area contributed by atoms with Crippen molar-refractivity contribution in [3.8, 4) is 11.8 Å². The Bertz CT molecular complexity index is 452. The highest BCUT2D eigenvalue weighted by molar-refractivity contribution is 9.10. The van der Waals surface area contributed by atoms with Crippen molar-refractivity contribution in [2.24, 2.45) is 0 Å². The fourth-order valence-corrected chi connectivity index (χ4v) is 2.27. The van der Waals surface area contributed by atoms with Gasteiger partial charge >= 0.3 is 0 Å². The van der Waals surface area contributed by atoms with E-state index in [2.05, 4.69) is 33.4 Å². The van der Waals surface area contributed by atoms with Crippen LogP contribution in [0, 0.1) is 11.3 Å². The van der Waals surface area contributed by atoms with E-state index in [1.165, 1.54) is 18.4 Å². The molecule has 1 N–H and O–H groups in total. The first kappa shape index (κ1) is 14.4. The van der Waals surface area contributed by atoms with Crippen LogP contribution in [0.5, 0.6) is 5.75 Å². The molecular weight excluding hydrogens is 304 g/mol. The molecule has 1 aliphatic carbocycles. The Hall–Kier alpha value is -1.05. The fraction of sp³-hybridized carbons (Fsp3) is 0.533. The minimum Gasteiger partial charge on any atom is -0.493 e. The first-order valence-corrected chi connectivity index (χ1v) is 7.60. The molecule has 0 bridgehead atoms. The van der Waals surface area contributed by atoms with Crippen molar-refractivity contribution >= 4 is 15.9 Å². The summed E-state index contributed by atoms with van der Waals surface area (Å²) < 4.78 is 6.90. The van der Waals surface area contributed by atoms with Gasteiger partial charge in [0.05, 0.1) is 12.7 Å². The predicted octanol–water partition coefficient (Wildman–Crippen LogP) is 3.77. The average Bonchev–Trinajstić information content (AvgIpc) is 3.22. The summed E-state index contributed by atoms with van der Waals surface area (Å²) in [6, 6.07) is 8.98. The summed E-state index contributed by atoms with van der Waals surface area (Å²) in [6.45, 7) is 1.54. The lowest BCUT2D eigenvalue weighted by molar-refractivity contribution is 0.303. The van der Waals surface area contributed by atoms with Crippen LogP contribution in [0.1, 0.15) is 37.7 Å². The number of unbranched alkanes of at least 4 members (excludes halogenated alkanes) is 2. The molecule has 1 aromatic carbocycles. The van der Waals surface area contributed by atoms with Crippen molar-refractivity contribution in [1.82, 2.24) is 5.32 Å².